The van der Waals surface area contributed by atoms with Crippen LogP contribution in [0.25, 0.3) is 5.82 Å². The second-order valence-electron chi connectivity index (χ2n) is 4.14. The third-order valence-electron chi connectivity index (χ3n) is 2.83. The molecule has 2 heterocycles. The third-order valence-corrected chi connectivity index (χ3v) is 2.83. The quantitative estimate of drug-likeness (QED) is 0.846. The van der Waals surface area contributed by atoms with Crippen LogP contribution in [0.4, 0.5) is 0 Å². The molecule has 1 aliphatic carbocycles. The average molecular weight is 215 g/mol. The fraction of sp³-hybridized carbons (Fsp3) is 0.333. The van der Waals surface area contributed by atoms with Crippen LogP contribution in [0.1, 0.15) is 30.0 Å². The predicted octanol–water partition coefficient (Wildman–Crippen LogP) is 1.64. The lowest BCUT2D eigenvalue weighted by Crippen LogP contribution is -1.99. The lowest BCUT2D eigenvalue weighted by atomic mass is 10.3. The molecule has 1 saturated carbocycles. The molecule has 0 atom stereocenters. The molecule has 16 heavy (non-hydrogen) atoms. The number of hydrogen-bond donors (Lipinski definition) is 1. The van der Waals surface area contributed by atoms with Gasteiger partial charge in [-0.1, -0.05) is 0 Å². The van der Waals surface area contributed by atoms with Gasteiger partial charge in [-0.05, 0) is 36.6 Å². The van der Waals surface area contributed by atoms with Gasteiger partial charge in [0.1, 0.15) is 0 Å². The zero-order chi connectivity index (χ0) is 11.0. The van der Waals surface area contributed by atoms with E-state index in [2.05, 4.69) is 10.1 Å². The van der Waals surface area contributed by atoms with E-state index in [-0.39, 0.29) is 6.61 Å². The summed E-state index contributed by atoms with van der Waals surface area (Å²) in [6.45, 7) is 0.0340. The van der Waals surface area contributed by atoms with E-state index in [9.17, 15) is 0 Å². The van der Waals surface area contributed by atoms with Gasteiger partial charge < -0.3 is 5.11 Å². The molecule has 1 aliphatic rings. The number of aliphatic hydroxyl groups excluding tert-OH is 1. The molecule has 2 aromatic heterocycles. The van der Waals surface area contributed by atoms with Crippen molar-refractivity contribution in [1.29, 1.82) is 0 Å². The molecule has 0 unspecified atom stereocenters. The second kappa shape index (κ2) is 3.72. The standard InChI is InChI=1S/C12H13N3O/c16-8-9-3-5-13-12(7-9)15-6-4-11(14-15)10-1-2-10/h3-7,10,16H,1-2,8H2. The van der Waals surface area contributed by atoms with Crippen LogP contribution in [-0.4, -0.2) is 19.9 Å². The highest BCUT2D eigenvalue weighted by atomic mass is 16.3. The maximum atomic E-state index is 9.05. The van der Waals surface area contributed by atoms with Crippen LogP contribution in [0.15, 0.2) is 30.6 Å². The summed E-state index contributed by atoms with van der Waals surface area (Å²) in [5, 5.41) is 13.5. The number of hydrogen-bond acceptors (Lipinski definition) is 3. The summed E-state index contributed by atoms with van der Waals surface area (Å²) in [6.07, 6.45) is 6.12. The van der Waals surface area contributed by atoms with Crippen LogP contribution >= 0.6 is 0 Å². The first-order valence-electron chi connectivity index (χ1n) is 5.48. The zero-order valence-corrected chi connectivity index (χ0v) is 8.87. The van der Waals surface area contributed by atoms with Crippen molar-refractivity contribution < 1.29 is 5.11 Å². The Morgan fingerprint density at radius 1 is 1.38 bits per heavy atom. The Bertz CT molecular complexity index is 502. The lowest BCUT2D eigenvalue weighted by molar-refractivity contribution is 0.281. The molecule has 0 aliphatic heterocycles. The van der Waals surface area contributed by atoms with Gasteiger partial charge in [0.25, 0.3) is 0 Å². The fourth-order valence-electron chi connectivity index (χ4n) is 1.75. The van der Waals surface area contributed by atoms with E-state index in [1.807, 2.05) is 18.3 Å². The monoisotopic (exact) mass is 215 g/mol. The Labute approximate surface area is 93.6 Å². The number of aliphatic hydroxyl groups is 1. The van der Waals surface area contributed by atoms with Crippen molar-refractivity contribution in [2.45, 2.75) is 25.4 Å². The molecule has 0 spiro atoms. The van der Waals surface area contributed by atoms with E-state index in [0.717, 1.165) is 17.1 Å². The number of rotatable bonds is 3. The number of nitrogens with zero attached hydrogens (tertiary/aromatic N) is 3. The van der Waals surface area contributed by atoms with E-state index < -0.39 is 0 Å². The number of aromatic nitrogens is 3. The minimum atomic E-state index is 0.0340. The Kier molecular flexibility index (Phi) is 2.22. The summed E-state index contributed by atoms with van der Waals surface area (Å²) in [6, 6.07) is 5.70. The molecule has 1 fully saturated rings. The van der Waals surface area contributed by atoms with Crippen molar-refractivity contribution in [3.8, 4) is 5.82 Å². The first-order chi connectivity index (χ1) is 7.86. The predicted molar refractivity (Wildman–Crippen MR) is 59.3 cm³/mol. The topological polar surface area (TPSA) is 50.9 Å². The van der Waals surface area contributed by atoms with Gasteiger partial charge in [0.05, 0.1) is 12.3 Å². The summed E-state index contributed by atoms with van der Waals surface area (Å²) < 4.78 is 1.77. The molecule has 2 aromatic rings. The van der Waals surface area contributed by atoms with E-state index in [0.29, 0.717) is 5.92 Å². The average Bonchev–Trinajstić information content (AvgIpc) is 3.07. The molecule has 0 bridgehead atoms. The molecule has 3 rings (SSSR count). The highest BCUT2D eigenvalue weighted by molar-refractivity contribution is 5.27. The van der Waals surface area contributed by atoms with Gasteiger partial charge in [-0.2, -0.15) is 5.10 Å². The van der Waals surface area contributed by atoms with Crippen molar-refractivity contribution in [1.82, 2.24) is 14.8 Å². The fourth-order valence-corrected chi connectivity index (χ4v) is 1.75. The van der Waals surface area contributed by atoms with Crippen molar-refractivity contribution in [3.05, 3.63) is 41.9 Å². The van der Waals surface area contributed by atoms with Gasteiger partial charge in [-0.25, -0.2) is 9.67 Å². The second-order valence-corrected chi connectivity index (χ2v) is 4.14. The first-order valence-corrected chi connectivity index (χ1v) is 5.48. The molecule has 0 amide bonds. The van der Waals surface area contributed by atoms with Crippen molar-refractivity contribution >= 4 is 0 Å². The zero-order valence-electron chi connectivity index (χ0n) is 8.87. The summed E-state index contributed by atoms with van der Waals surface area (Å²) in [5.74, 6) is 1.42. The molecular weight excluding hydrogens is 202 g/mol. The van der Waals surface area contributed by atoms with Crippen molar-refractivity contribution in [2.24, 2.45) is 0 Å². The summed E-state index contributed by atoms with van der Waals surface area (Å²) >= 11 is 0. The van der Waals surface area contributed by atoms with Gasteiger partial charge in [0.15, 0.2) is 5.82 Å². The Balaban J connectivity index is 1.93. The molecule has 0 radical (unpaired) electrons. The van der Waals surface area contributed by atoms with Gasteiger partial charge >= 0.3 is 0 Å². The summed E-state index contributed by atoms with van der Waals surface area (Å²) in [5.41, 5.74) is 2.00. The van der Waals surface area contributed by atoms with E-state index in [1.54, 1.807) is 16.9 Å². The van der Waals surface area contributed by atoms with Crippen LogP contribution in [0, 0.1) is 0 Å². The van der Waals surface area contributed by atoms with E-state index >= 15 is 0 Å². The molecule has 0 saturated heterocycles. The van der Waals surface area contributed by atoms with E-state index in [1.165, 1.54) is 12.8 Å². The minimum Gasteiger partial charge on any atom is -0.392 e. The Morgan fingerprint density at radius 3 is 3.00 bits per heavy atom. The molecule has 1 N–H and O–H groups in total. The molecular formula is C12H13N3O. The van der Waals surface area contributed by atoms with Crippen LogP contribution in [0.2, 0.25) is 0 Å². The first kappa shape index (κ1) is 9.54. The Hall–Kier alpha value is -1.68. The normalized spacial score (nSPS) is 15.3. The van der Waals surface area contributed by atoms with Gasteiger partial charge in [0, 0.05) is 18.3 Å². The highest BCUT2D eigenvalue weighted by Gasteiger charge is 2.25. The Morgan fingerprint density at radius 2 is 2.25 bits per heavy atom. The summed E-state index contributed by atoms with van der Waals surface area (Å²) in [7, 11) is 0. The molecule has 82 valence electrons. The smallest absolute Gasteiger partial charge is 0.153 e. The van der Waals surface area contributed by atoms with Gasteiger partial charge in [-0.15, -0.1) is 0 Å². The molecule has 0 aromatic carbocycles. The molecule has 4 nitrogen and oxygen atoms in total. The minimum absolute atomic E-state index is 0.0340. The van der Waals surface area contributed by atoms with Crippen molar-refractivity contribution in [3.63, 3.8) is 0 Å². The summed E-state index contributed by atoms with van der Waals surface area (Å²) in [4.78, 5) is 4.24. The maximum absolute atomic E-state index is 9.05. The number of pyridine rings is 1. The van der Waals surface area contributed by atoms with Crippen LogP contribution < -0.4 is 0 Å². The van der Waals surface area contributed by atoms with Gasteiger partial charge in [-0.3, -0.25) is 0 Å². The highest BCUT2D eigenvalue weighted by Crippen LogP contribution is 2.38. The largest absolute Gasteiger partial charge is 0.392 e. The van der Waals surface area contributed by atoms with Crippen LogP contribution in [-0.2, 0) is 6.61 Å². The van der Waals surface area contributed by atoms with Crippen LogP contribution in [0.5, 0.6) is 0 Å². The van der Waals surface area contributed by atoms with Gasteiger partial charge in [0.2, 0.25) is 0 Å². The lowest BCUT2D eigenvalue weighted by Gasteiger charge is -2.01. The maximum Gasteiger partial charge on any atom is 0.153 e. The van der Waals surface area contributed by atoms with Crippen LogP contribution in [0.3, 0.4) is 0 Å². The SMILES string of the molecule is OCc1ccnc(-n2ccc(C3CC3)n2)c1. The third kappa shape index (κ3) is 1.72. The van der Waals surface area contributed by atoms with E-state index in [4.69, 9.17) is 5.11 Å². The molecule has 4 heteroatoms. The van der Waals surface area contributed by atoms with Crippen molar-refractivity contribution in [2.75, 3.05) is 0 Å².